The molecule has 19 heavy (non-hydrogen) atoms. The largest absolute Gasteiger partial charge is 0.381 e. The molecular formula is C14H27N3O2. The maximum atomic E-state index is 5.36. The third kappa shape index (κ3) is 5.28. The van der Waals surface area contributed by atoms with Crippen LogP contribution < -0.4 is 5.32 Å². The van der Waals surface area contributed by atoms with Gasteiger partial charge in [0.2, 0.25) is 5.89 Å². The lowest BCUT2D eigenvalue weighted by Crippen LogP contribution is -2.33. The Kier molecular flexibility index (Phi) is 7.67. The molecule has 0 saturated carbocycles. The van der Waals surface area contributed by atoms with E-state index in [1.807, 2.05) is 6.92 Å². The summed E-state index contributed by atoms with van der Waals surface area (Å²) in [5, 5.41) is 7.54. The molecular weight excluding hydrogens is 242 g/mol. The van der Waals surface area contributed by atoms with Crippen LogP contribution in [0.4, 0.5) is 0 Å². The van der Waals surface area contributed by atoms with Gasteiger partial charge in [0.25, 0.3) is 0 Å². The molecule has 1 rings (SSSR count). The Morgan fingerprint density at radius 1 is 1.32 bits per heavy atom. The first kappa shape index (κ1) is 16.1. The lowest BCUT2D eigenvalue weighted by atomic mass is 9.99. The van der Waals surface area contributed by atoms with Crippen molar-refractivity contribution in [2.45, 2.75) is 58.9 Å². The lowest BCUT2D eigenvalue weighted by Gasteiger charge is -2.20. The van der Waals surface area contributed by atoms with Crippen LogP contribution in [0.1, 0.15) is 58.2 Å². The third-order valence-corrected chi connectivity index (χ3v) is 3.25. The first-order valence-corrected chi connectivity index (χ1v) is 7.36. The zero-order valence-corrected chi connectivity index (χ0v) is 12.6. The molecule has 110 valence electrons. The van der Waals surface area contributed by atoms with Crippen LogP contribution in [0.5, 0.6) is 0 Å². The Labute approximate surface area is 116 Å². The molecule has 2 atom stereocenters. The van der Waals surface area contributed by atoms with E-state index >= 15 is 0 Å². The van der Waals surface area contributed by atoms with Gasteiger partial charge < -0.3 is 14.6 Å². The molecule has 1 aromatic heterocycles. The summed E-state index contributed by atoms with van der Waals surface area (Å²) in [6.07, 6.45) is 2.90. The fourth-order valence-corrected chi connectivity index (χ4v) is 2.04. The molecule has 5 nitrogen and oxygen atoms in total. The molecule has 2 unspecified atom stereocenters. The van der Waals surface area contributed by atoms with Crippen LogP contribution in [-0.4, -0.2) is 35.9 Å². The summed E-state index contributed by atoms with van der Waals surface area (Å²) in [4.78, 5) is 4.46. The molecule has 0 aliphatic rings. The molecule has 0 spiro atoms. The minimum atomic E-state index is 0.241. The quantitative estimate of drug-likeness (QED) is 0.661. The van der Waals surface area contributed by atoms with Crippen molar-refractivity contribution in [1.82, 2.24) is 15.5 Å². The van der Waals surface area contributed by atoms with E-state index in [4.69, 9.17) is 9.26 Å². The Bertz CT molecular complexity index is 341. The van der Waals surface area contributed by atoms with Gasteiger partial charge in [-0.15, -0.1) is 0 Å². The van der Waals surface area contributed by atoms with Crippen molar-refractivity contribution >= 4 is 0 Å². The van der Waals surface area contributed by atoms with Crippen LogP contribution in [-0.2, 0) is 11.2 Å². The van der Waals surface area contributed by atoms with Gasteiger partial charge in [0.15, 0.2) is 5.82 Å². The van der Waals surface area contributed by atoms with Gasteiger partial charge in [-0.3, -0.25) is 0 Å². The zero-order chi connectivity index (χ0) is 14.1. The van der Waals surface area contributed by atoms with Crippen molar-refractivity contribution in [1.29, 1.82) is 0 Å². The van der Waals surface area contributed by atoms with Crippen molar-refractivity contribution < 1.29 is 9.26 Å². The maximum absolute atomic E-state index is 5.36. The Morgan fingerprint density at radius 3 is 2.74 bits per heavy atom. The molecule has 0 aliphatic carbocycles. The summed E-state index contributed by atoms with van der Waals surface area (Å²) in [7, 11) is 0. The smallest absolute Gasteiger partial charge is 0.231 e. The molecule has 0 amide bonds. The van der Waals surface area contributed by atoms with Crippen molar-refractivity contribution in [3.63, 3.8) is 0 Å². The highest BCUT2D eigenvalue weighted by atomic mass is 16.5. The van der Waals surface area contributed by atoms with Gasteiger partial charge >= 0.3 is 0 Å². The van der Waals surface area contributed by atoms with Gasteiger partial charge in [-0.1, -0.05) is 25.9 Å². The standard InChI is InChI=1S/C14H27N3O2/c1-5-9-15-12(6-2)11(4)14-16-13(17-19-14)8-10-18-7-3/h11-12,15H,5-10H2,1-4H3. The lowest BCUT2D eigenvalue weighted by molar-refractivity contribution is 0.149. The highest BCUT2D eigenvalue weighted by molar-refractivity contribution is 4.97. The number of rotatable bonds is 10. The van der Waals surface area contributed by atoms with Crippen LogP contribution in [0, 0.1) is 0 Å². The number of aromatic nitrogens is 2. The summed E-state index contributed by atoms with van der Waals surface area (Å²) in [6, 6.07) is 0.389. The molecule has 1 heterocycles. The number of nitrogens with zero attached hydrogens (tertiary/aromatic N) is 2. The second-order valence-corrected chi connectivity index (χ2v) is 4.75. The zero-order valence-electron chi connectivity index (χ0n) is 12.6. The van der Waals surface area contributed by atoms with E-state index in [1.54, 1.807) is 0 Å². The number of ether oxygens (including phenoxy) is 1. The monoisotopic (exact) mass is 269 g/mol. The average Bonchev–Trinajstić information content (AvgIpc) is 2.88. The van der Waals surface area contributed by atoms with E-state index in [2.05, 4.69) is 36.2 Å². The molecule has 5 heteroatoms. The first-order chi connectivity index (χ1) is 9.22. The van der Waals surface area contributed by atoms with Gasteiger partial charge in [-0.2, -0.15) is 4.98 Å². The van der Waals surface area contributed by atoms with E-state index in [9.17, 15) is 0 Å². The van der Waals surface area contributed by atoms with Gasteiger partial charge in [-0.05, 0) is 26.3 Å². The molecule has 1 aromatic rings. The van der Waals surface area contributed by atoms with Gasteiger partial charge in [-0.25, -0.2) is 0 Å². The van der Waals surface area contributed by atoms with E-state index in [1.165, 1.54) is 0 Å². The summed E-state index contributed by atoms with van der Waals surface area (Å²) in [5.41, 5.74) is 0. The fraction of sp³-hybridized carbons (Fsp3) is 0.857. The Morgan fingerprint density at radius 2 is 2.11 bits per heavy atom. The highest BCUT2D eigenvalue weighted by Crippen LogP contribution is 2.19. The number of hydrogen-bond acceptors (Lipinski definition) is 5. The Balaban J connectivity index is 2.52. The van der Waals surface area contributed by atoms with E-state index in [0.717, 1.165) is 37.7 Å². The molecule has 0 aliphatic heterocycles. The second-order valence-electron chi connectivity index (χ2n) is 4.75. The van der Waals surface area contributed by atoms with E-state index in [-0.39, 0.29) is 5.92 Å². The van der Waals surface area contributed by atoms with Crippen molar-refractivity contribution in [3.8, 4) is 0 Å². The number of nitrogens with one attached hydrogen (secondary N) is 1. The molecule has 0 bridgehead atoms. The van der Waals surface area contributed by atoms with Crippen LogP contribution >= 0.6 is 0 Å². The topological polar surface area (TPSA) is 60.2 Å². The van der Waals surface area contributed by atoms with E-state index in [0.29, 0.717) is 19.1 Å². The van der Waals surface area contributed by atoms with E-state index < -0.39 is 0 Å². The first-order valence-electron chi connectivity index (χ1n) is 7.36. The normalized spacial score (nSPS) is 14.5. The van der Waals surface area contributed by atoms with Crippen molar-refractivity contribution in [2.75, 3.05) is 19.8 Å². The van der Waals surface area contributed by atoms with Crippen LogP contribution in [0.25, 0.3) is 0 Å². The minimum absolute atomic E-state index is 0.241. The summed E-state index contributed by atoms with van der Waals surface area (Å²) < 4.78 is 10.7. The highest BCUT2D eigenvalue weighted by Gasteiger charge is 2.22. The minimum Gasteiger partial charge on any atom is -0.381 e. The molecule has 0 aromatic carbocycles. The molecule has 0 saturated heterocycles. The summed E-state index contributed by atoms with van der Waals surface area (Å²) in [5.74, 6) is 1.70. The van der Waals surface area contributed by atoms with Crippen LogP contribution in [0.15, 0.2) is 4.52 Å². The molecule has 0 fully saturated rings. The predicted molar refractivity (Wildman–Crippen MR) is 75.3 cm³/mol. The SMILES string of the molecule is CCCNC(CC)C(C)c1nc(CCOCC)no1. The maximum Gasteiger partial charge on any atom is 0.231 e. The third-order valence-electron chi connectivity index (χ3n) is 3.25. The van der Waals surface area contributed by atoms with Gasteiger partial charge in [0.05, 0.1) is 12.5 Å². The van der Waals surface area contributed by atoms with Crippen LogP contribution in [0.3, 0.4) is 0 Å². The van der Waals surface area contributed by atoms with Crippen LogP contribution in [0.2, 0.25) is 0 Å². The summed E-state index contributed by atoms with van der Waals surface area (Å²) in [6.45, 7) is 10.9. The van der Waals surface area contributed by atoms with Gasteiger partial charge in [0, 0.05) is 19.1 Å². The Hall–Kier alpha value is -0.940. The summed E-state index contributed by atoms with van der Waals surface area (Å²) >= 11 is 0. The number of hydrogen-bond donors (Lipinski definition) is 1. The average molecular weight is 269 g/mol. The fourth-order valence-electron chi connectivity index (χ4n) is 2.04. The van der Waals surface area contributed by atoms with Crippen molar-refractivity contribution in [3.05, 3.63) is 11.7 Å². The predicted octanol–water partition coefficient (Wildman–Crippen LogP) is 2.53. The molecule has 1 N–H and O–H groups in total. The van der Waals surface area contributed by atoms with Gasteiger partial charge in [0.1, 0.15) is 0 Å². The second kappa shape index (κ2) is 9.04. The van der Waals surface area contributed by atoms with Crippen molar-refractivity contribution in [2.24, 2.45) is 0 Å². The molecule has 0 radical (unpaired) electrons.